The number of rotatable bonds is 0. The molecule has 1 aromatic carbocycles. The zero-order chi connectivity index (χ0) is 11.2. The van der Waals surface area contributed by atoms with Crippen LogP contribution >= 0.6 is 0 Å². The largest absolute Gasteiger partial charge is 0.393 e. The second-order valence-corrected chi connectivity index (χ2v) is 5.32. The topological polar surface area (TPSA) is 20.2 Å². The summed E-state index contributed by atoms with van der Waals surface area (Å²) in [6.45, 7) is 4.32. The summed E-state index contributed by atoms with van der Waals surface area (Å²) >= 11 is 0. The van der Waals surface area contributed by atoms with E-state index in [0.29, 0.717) is 0 Å². The average Bonchev–Trinajstić information content (AvgIpc) is 2.58. The fraction of sp³-hybridized carbons (Fsp3) is 0.467. The molecular formula is C15H18O. The van der Waals surface area contributed by atoms with Crippen LogP contribution in [0, 0.1) is 5.41 Å². The monoisotopic (exact) mass is 214 g/mol. The minimum atomic E-state index is -0.0814. The first kappa shape index (κ1) is 10.1. The molecule has 2 aliphatic carbocycles. The fourth-order valence-electron chi connectivity index (χ4n) is 3.36. The number of hydrogen-bond acceptors (Lipinski definition) is 1. The van der Waals surface area contributed by atoms with Gasteiger partial charge in [0.1, 0.15) is 0 Å². The van der Waals surface area contributed by atoms with Crippen LogP contribution in [-0.2, 0) is 6.42 Å². The van der Waals surface area contributed by atoms with E-state index in [1.807, 2.05) is 0 Å². The van der Waals surface area contributed by atoms with Crippen LogP contribution in [-0.4, -0.2) is 11.2 Å². The predicted octanol–water partition coefficient (Wildman–Crippen LogP) is 3.18. The van der Waals surface area contributed by atoms with Crippen molar-refractivity contribution in [3.05, 3.63) is 42.0 Å². The zero-order valence-corrected chi connectivity index (χ0v) is 9.58. The molecule has 1 aromatic rings. The van der Waals surface area contributed by atoms with Crippen molar-refractivity contribution in [2.45, 2.75) is 38.2 Å². The molecule has 3 rings (SSSR count). The van der Waals surface area contributed by atoms with E-state index in [-0.39, 0.29) is 11.5 Å². The van der Waals surface area contributed by atoms with E-state index >= 15 is 0 Å². The van der Waals surface area contributed by atoms with Crippen LogP contribution in [0.15, 0.2) is 30.8 Å². The molecule has 1 N–H and O–H groups in total. The maximum atomic E-state index is 9.63. The number of aliphatic hydroxyl groups is 1. The van der Waals surface area contributed by atoms with Gasteiger partial charge in [0.15, 0.2) is 0 Å². The van der Waals surface area contributed by atoms with E-state index in [1.54, 1.807) is 0 Å². The highest BCUT2D eigenvalue weighted by atomic mass is 16.3. The molecule has 1 nitrogen and oxygen atoms in total. The van der Waals surface area contributed by atoms with Crippen molar-refractivity contribution in [2.75, 3.05) is 0 Å². The fourth-order valence-corrected chi connectivity index (χ4v) is 3.36. The van der Waals surface area contributed by atoms with Gasteiger partial charge in [0.2, 0.25) is 0 Å². The van der Waals surface area contributed by atoms with Gasteiger partial charge in [-0.2, -0.15) is 0 Å². The minimum Gasteiger partial charge on any atom is -0.393 e. The highest BCUT2D eigenvalue weighted by molar-refractivity contribution is 5.75. The Morgan fingerprint density at radius 2 is 1.88 bits per heavy atom. The van der Waals surface area contributed by atoms with Crippen LogP contribution in [0.2, 0.25) is 0 Å². The Labute approximate surface area is 96.8 Å². The normalized spacial score (nSPS) is 33.1. The predicted molar refractivity (Wildman–Crippen MR) is 66.1 cm³/mol. The standard InChI is InChI=1S/C15H18O/c1-11-14-5-3-2-4-12(14)10-15(11)8-6-13(16)7-9-15/h2-5,13,16H,1,6-10H2/t13-,15+. The molecule has 0 radical (unpaired) electrons. The molecule has 2 aliphatic rings. The summed E-state index contributed by atoms with van der Waals surface area (Å²) in [4.78, 5) is 0. The first-order valence-corrected chi connectivity index (χ1v) is 6.17. The molecule has 1 saturated carbocycles. The summed E-state index contributed by atoms with van der Waals surface area (Å²) in [5.74, 6) is 0. The van der Waals surface area contributed by atoms with Crippen LogP contribution in [0.1, 0.15) is 36.8 Å². The van der Waals surface area contributed by atoms with Gasteiger partial charge in [-0.15, -0.1) is 0 Å². The molecule has 0 amide bonds. The Morgan fingerprint density at radius 1 is 1.19 bits per heavy atom. The quantitative estimate of drug-likeness (QED) is 0.703. The maximum Gasteiger partial charge on any atom is 0.0540 e. The van der Waals surface area contributed by atoms with Gasteiger partial charge in [0, 0.05) is 0 Å². The van der Waals surface area contributed by atoms with E-state index in [2.05, 4.69) is 30.8 Å². The van der Waals surface area contributed by atoms with Crippen LogP contribution in [0.3, 0.4) is 0 Å². The van der Waals surface area contributed by atoms with E-state index in [9.17, 15) is 5.11 Å². The zero-order valence-electron chi connectivity index (χ0n) is 9.58. The second-order valence-electron chi connectivity index (χ2n) is 5.32. The van der Waals surface area contributed by atoms with Gasteiger partial charge in [-0.3, -0.25) is 0 Å². The van der Waals surface area contributed by atoms with Crippen molar-refractivity contribution in [1.82, 2.24) is 0 Å². The molecule has 0 aromatic heterocycles. The number of hydrogen-bond donors (Lipinski definition) is 1. The maximum absolute atomic E-state index is 9.63. The third-order valence-corrected chi connectivity index (χ3v) is 4.42. The highest BCUT2D eigenvalue weighted by Gasteiger charge is 2.42. The van der Waals surface area contributed by atoms with E-state index < -0.39 is 0 Å². The van der Waals surface area contributed by atoms with Gasteiger partial charge in [-0.1, -0.05) is 30.8 Å². The Balaban J connectivity index is 1.94. The molecule has 0 heterocycles. The number of fused-ring (bicyclic) bond motifs is 1. The van der Waals surface area contributed by atoms with Crippen LogP contribution in [0.5, 0.6) is 0 Å². The van der Waals surface area contributed by atoms with Crippen molar-refractivity contribution in [3.63, 3.8) is 0 Å². The highest BCUT2D eigenvalue weighted by Crippen LogP contribution is 2.53. The summed E-state index contributed by atoms with van der Waals surface area (Å²) in [6, 6.07) is 8.63. The number of aliphatic hydroxyl groups excluding tert-OH is 1. The molecule has 1 spiro atoms. The molecule has 0 aliphatic heterocycles. The smallest absolute Gasteiger partial charge is 0.0540 e. The Bertz CT molecular complexity index is 425. The number of allylic oxidation sites excluding steroid dienone is 1. The number of benzene rings is 1. The van der Waals surface area contributed by atoms with Gasteiger partial charge in [-0.05, 0) is 54.2 Å². The van der Waals surface area contributed by atoms with Crippen LogP contribution in [0.4, 0.5) is 0 Å². The molecule has 1 fully saturated rings. The lowest BCUT2D eigenvalue weighted by Crippen LogP contribution is -2.29. The molecular weight excluding hydrogens is 196 g/mol. The van der Waals surface area contributed by atoms with Gasteiger partial charge in [-0.25, -0.2) is 0 Å². The third-order valence-electron chi connectivity index (χ3n) is 4.42. The molecule has 1 heteroatoms. The van der Waals surface area contributed by atoms with Crippen molar-refractivity contribution >= 4 is 5.57 Å². The van der Waals surface area contributed by atoms with E-state index in [0.717, 1.165) is 32.1 Å². The van der Waals surface area contributed by atoms with Gasteiger partial charge in [0.05, 0.1) is 6.10 Å². The molecule has 0 saturated heterocycles. The Kier molecular flexibility index (Phi) is 2.18. The minimum absolute atomic E-state index is 0.0814. The lowest BCUT2D eigenvalue weighted by molar-refractivity contribution is 0.0902. The molecule has 16 heavy (non-hydrogen) atoms. The first-order valence-electron chi connectivity index (χ1n) is 6.17. The molecule has 0 bridgehead atoms. The molecule has 0 atom stereocenters. The van der Waals surface area contributed by atoms with Crippen molar-refractivity contribution in [2.24, 2.45) is 5.41 Å². The summed E-state index contributed by atoms with van der Waals surface area (Å²) in [5, 5.41) is 9.63. The summed E-state index contributed by atoms with van der Waals surface area (Å²) < 4.78 is 0. The summed E-state index contributed by atoms with van der Waals surface area (Å²) in [6.07, 6.45) is 5.13. The third kappa shape index (κ3) is 1.35. The lowest BCUT2D eigenvalue weighted by atomic mass is 9.69. The summed E-state index contributed by atoms with van der Waals surface area (Å²) in [5.41, 5.74) is 4.39. The molecule has 84 valence electrons. The van der Waals surface area contributed by atoms with Gasteiger partial charge < -0.3 is 5.11 Å². The van der Waals surface area contributed by atoms with Crippen molar-refractivity contribution < 1.29 is 5.11 Å². The first-order chi connectivity index (χ1) is 7.71. The van der Waals surface area contributed by atoms with E-state index in [4.69, 9.17) is 0 Å². The summed E-state index contributed by atoms with van der Waals surface area (Å²) in [7, 11) is 0. The second kappa shape index (κ2) is 3.46. The SMILES string of the molecule is C=C1c2ccccc2C[C@]12CC[C@H](O)CC2. The van der Waals surface area contributed by atoms with Crippen LogP contribution < -0.4 is 0 Å². The lowest BCUT2D eigenvalue weighted by Gasteiger charge is -2.36. The van der Waals surface area contributed by atoms with Crippen LogP contribution in [0.25, 0.3) is 5.57 Å². The Morgan fingerprint density at radius 3 is 2.56 bits per heavy atom. The van der Waals surface area contributed by atoms with E-state index in [1.165, 1.54) is 16.7 Å². The van der Waals surface area contributed by atoms with Crippen molar-refractivity contribution in [1.29, 1.82) is 0 Å². The Hall–Kier alpha value is -1.08. The van der Waals surface area contributed by atoms with Gasteiger partial charge in [0.25, 0.3) is 0 Å². The van der Waals surface area contributed by atoms with Gasteiger partial charge >= 0.3 is 0 Å². The van der Waals surface area contributed by atoms with Crippen molar-refractivity contribution in [3.8, 4) is 0 Å². The molecule has 0 unspecified atom stereocenters. The average molecular weight is 214 g/mol.